The molecule has 0 spiro atoms. The summed E-state index contributed by atoms with van der Waals surface area (Å²) >= 11 is 6.33. The van der Waals surface area contributed by atoms with Crippen LogP contribution in [0.1, 0.15) is 16.1 Å². The number of nitro benzene ring substituents is 1. The van der Waals surface area contributed by atoms with Gasteiger partial charge in [0.15, 0.2) is 0 Å². The summed E-state index contributed by atoms with van der Waals surface area (Å²) in [5, 5.41) is 16.4. The monoisotopic (exact) mass is 510 g/mol. The van der Waals surface area contributed by atoms with Crippen LogP contribution in [-0.4, -0.2) is 56.2 Å². The maximum atomic E-state index is 13.5. The van der Waals surface area contributed by atoms with E-state index in [2.05, 4.69) is 5.16 Å². The van der Waals surface area contributed by atoms with Gasteiger partial charge < -0.3 is 14.3 Å². The Bertz CT molecular complexity index is 1580. The van der Waals surface area contributed by atoms with Crippen molar-refractivity contribution in [1.82, 2.24) is 19.2 Å². The van der Waals surface area contributed by atoms with E-state index in [0.29, 0.717) is 70.5 Å². The molecule has 3 heterocycles. The van der Waals surface area contributed by atoms with Gasteiger partial charge in [-0.25, -0.2) is 4.79 Å². The molecule has 36 heavy (non-hydrogen) atoms. The topological polar surface area (TPSA) is 120 Å². The van der Waals surface area contributed by atoms with Gasteiger partial charge in [-0.15, -0.1) is 0 Å². The van der Waals surface area contributed by atoms with Gasteiger partial charge in [0.05, 0.1) is 21.0 Å². The Morgan fingerprint density at radius 1 is 1.08 bits per heavy atom. The second kappa shape index (κ2) is 8.83. The van der Waals surface area contributed by atoms with Gasteiger partial charge in [0, 0.05) is 51.9 Å². The number of benzene rings is 2. The van der Waals surface area contributed by atoms with Crippen molar-refractivity contribution in [3.8, 4) is 11.3 Å². The molecule has 0 atom stereocenters. The number of amides is 1. The maximum absolute atomic E-state index is 13.5. The molecule has 2 aromatic carbocycles. The van der Waals surface area contributed by atoms with Gasteiger partial charge in [-0.05, 0) is 19.1 Å². The molecule has 1 amide bonds. The number of anilines is 1. The van der Waals surface area contributed by atoms with E-state index in [1.807, 2.05) is 11.0 Å². The summed E-state index contributed by atoms with van der Waals surface area (Å²) in [6, 6.07) is 10.2. The Balaban J connectivity index is 1.43. The van der Waals surface area contributed by atoms with Crippen LogP contribution in [0, 0.1) is 17.0 Å². The molecule has 12 heteroatoms. The molecule has 0 radical (unpaired) electrons. The molecule has 186 valence electrons. The predicted molar refractivity (Wildman–Crippen MR) is 135 cm³/mol. The van der Waals surface area contributed by atoms with Crippen LogP contribution in [0.3, 0.4) is 0 Å². The van der Waals surface area contributed by atoms with Gasteiger partial charge >= 0.3 is 5.69 Å². The number of aryl methyl sites for hydroxylation is 3. The normalized spacial score (nSPS) is 14.0. The molecular formula is C24H23ClN6O5. The summed E-state index contributed by atoms with van der Waals surface area (Å²) in [6.45, 7) is 3.12. The second-order valence-electron chi connectivity index (χ2n) is 8.71. The van der Waals surface area contributed by atoms with Crippen LogP contribution in [0.15, 0.2) is 45.7 Å². The van der Waals surface area contributed by atoms with Crippen molar-refractivity contribution in [3.63, 3.8) is 0 Å². The number of hydrogen-bond acceptors (Lipinski definition) is 7. The highest BCUT2D eigenvalue weighted by atomic mass is 35.5. The second-order valence-corrected chi connectivity index (χ2v) is 9.12. The van der Waals surface area contributed by atoms with Crippen LogP contribution in [0.25, 0.3) is 22.3 Å². The summed E-state index contributed by atoms with van der Waals surface area (Å²) < 4.78 is 8.20. The Morgan fingerprint density at radius 2 is 1.72 bits per heavy atom. The smallest absolute Gasteiger partial charge is 0.328 e. The van der Waals surface area contributed by atoms with Crippen molar-refractivity contribution in [2.45, 2.75) is 6.92 Å². The minimum absolute atomic E-state index is 0.0839. The zero-order valence-electron chi connectivity index (χ0n) is 19.9. The van der Waals surface area contributed by atoms with Crippen LogP contribution in [0.5, 0.6) is 0 Å². The number of carbonyl (C=O) groups is 1. The fraction of sp³-hybridized carbons (Fsp3) is 0.292. The molecule has 0 unspecified atom stereocenters. The minimum Gasteiger partial charge on any atom is -0.362 e. The molecule has 0 bridgehead atoms. The van der Waals surface area contributed by atoms with Gasteiger partial charge in [0.2, 0.25) is 0 Å². The van der Waals surface area contributed by atoms with Gasteiger partial charge in [-0.3, -0.25) is 24.0 Å². The molecule has 1 saturated heterocycles. The maximum Gasteiger partial charge on any atom is 0.328 e. The van der Waals surface area contributed by atoms with Crippen LogP contribution < -0.4 is 10.6 Å². The number of aromatic nitrogens is 3. The molecule has 0 saturated carbocycles. The lowest BCUT2D eigenvalue weighted by atomic mass is 10.0. The summed E-state index contributed by atoms with van der Waals surface area (Å²) in [4.78, 5) is 40.8. The quantitative estimate of drug-likeness (QED) is 0.305. The summed E-state index contributed by atoms with van der Waals surface area (Å²) in [6.07, 6.45) is 0. The van der Waals surface area contributed by atoms with E-state index < -0.39 is 4.92 Å². The molecule has 1 fully saturated rings. The van der Waals surface area contributed by atoms with E-state index in [1.165, 1.54) is 15.2 Å². The summed E-state index contributed by atoms with van der Waals surface area (Å²) in [5.41, 5.74) is 2.51. The molecule has 0 aliphatic carbocycles. The van der Waals surface area contributed by atoms with E-state index in [9.17, 15) is 19.7 Å². The van der Waals surface area contributed by atoms with Crippen molar-refractivity contribution < 1.29 is 14.2 Å². The number of hydrogen-bond donors (Lipinski definition) is 0. The van der Waals surface area contributed by atoms with Crippen molar-refractivity contribution in [3.05, 3.63) is 73.3 Å². The zero-order chi connectivity index (χ0) is 25.7. The first-order valence-electron chi connectivity index (χ1n) is 11.3. The van der Waals surface area contributed by atoms with Gasteiger partial charge in [-0.2, -0.15) is 0 Å². The van der Waals surface area contributed by atoms with Crippen LogP contribution in [-0.2, 0) is 14.1 Å². The molecule has 4 aromatic rings. The van der Waals surface area contributed by atoms with Crippen molar-refractivity contribution in [1.29, 1.82) is 0 Å². The average Bonchev–Trinajstić information content (AvgIpc) is 3.36. The standard InChI is InChI=1S/C24H23ClN6O5/c1-14-21(22(26-36-14)15-6-4-5-7-16(15)25)23(32)30-10-8-29(9-11-30)19-12-17-18(13-20(19)31(34)35)28(3)24(33)27(17)2/h4-7,12-13H,8-11H2,1-3H3. The molecule has 1 aliphatic rings. The van der Waals surface area contributed by atoms with E-state index >= 15 is 0 Å². The third kappa shape index (κ3) is 3.72. The molecule has 0 N–H and O–H groups in total. The van der Waals surface area contributed by atoms with Crippen LogP contribution in [0.4, 0.5) is 11.4 Å². The first kappa shape index (κ1) is 23.6. The Kier molecular flexibility index (Phi) is 5.79. The fourth-order valence-corrected chi connectivity index (χ4v) is 4.92. The number of imidazole rings is 1. The SMILES string of the molecule is Cc1onc(-c2ccccc2Cl)c1C(=O)N1CCN(c2cc3c(cc2[N+](=O)[O-])n(C)c(=O)n3C)CC1. The van der Waals surface area contributed by atoms with Crippen molar-refractivity contribution >= 4 is 39.9 Å². The predicted octanol–water partition coefficient (Wildman–Crippen LogP) is 3.36. The number of fused-ring (bicyclic) bond motifs is 1. The first-order valence-corrected chi connectivity index (χ1v) is 11.7. The Morgan fingerprint density at radius 3 is 2.36 bits per heavy atom. The third-order valence-corrected chi connectivity index (χ3v) is 7.01. The molecular weight excluding hydrogens is 488 g/mol. The lowest BCUT2D eigenvalue weighted by Crippen LogP contribution is -2.49. The van der Waals surface area contributed by atoms with E-state index in [-0.39, 0.29) is 17.3 Å². The van der Waals surface area contributed by atoms with Crippen LogP contribution in [0.2, 0.25) is 5.02 Å². The number of nitrogens with zero attached hydrogens (tertiary/aromatic N) is 6. The third-order valence-electron chi connectivity index (χ3n) is 6.68. The molecule has 5 rings (SSSR count). The highest BCUT2D eigenvalue weighted by Crippen LogP contribution is 2.35. The molecule has 1 aliphatic heterocycles. The van der Waals surface area contributed by atoms with Gasteiger partial charge in [0.25, 0.3) is 11.6 Å². The number of halogens is 1. The largest absolute Gasteiger partial charge is 0.362 e. The molecule has 11 nitrogen and oxygen atoms in total. The van der Waals surface area contributed by atoms with E-state index in [4.69, 9.17) is 16.1 Å². The lowest BCUT2D eigenvalue weighted by molar-refractivity contribution is -0.384. The van der Waals surface area contributed by atoms with E-state index in [1.54, 1.807) is 50.2 Å². The highest BCUT2D eigenvalue weighted by Gasteiger charge is 2.31. The molecule has 2 aromatic heterocycles. The van der Waals surface area contributed by atoms with Crippen molar-refractivity contribution in [2.24, 2.45) is 14.1 Å². The number of nitro groups is 1. The first-order chi connectivity index (χ1) is 17.2. The van der Waals surface area contributed by atoms with Gasteiger partial charge in [0.1, 0.15) is 22.7 Å². The number of rotatable bonds is 4. The lowest BCUT2D eigenvalue weighted by Gasteiger charge is -2.35. The summed E-state index contributed by atoms with van der Waals surface area (Å²) in [7, 11) is 3.22. The minimum atomic E-state index is -0.444. The van der Waals surface area contributed by atoms with Crippen LogP contribution >= 0.6 is 11.6 Å². The number of carbonyl (C=O) groups excluding carboxylic acids is 1. The highest BCUT2D eigenvalue weighted by molar-refractivity contribution is 6.33. The number of piperazine rings is 1. The van der Waals surface area contributed by atoms with Gasteiger partial charge in [-0.1, -0.05) is 35.0 Å². The Labute approximate surface area is 210 Å². The zero-order valence-corrected chi connectivity index (χ0v) is 20.7. The Hall–Kier alpha value is -4.12. The average molecular weight is 511 g/mol. The van der Waals surface area contributed by atoms with Crippen molar-refractivity contribution in [2.75, 3.05) is 31.1 Å². The fourth-order valence-electron chi connectivity index (χ4n) is 4.69. The summed E-state index contributed by atoms with van der Waals surface area (Å²) in [5.74, 6) is 0.155. The van der Waals surface area contributed by atoms with E-state index in [0.717, 1.165) is 0 Å².